The Balaban J connectivity index is 1.78. The van der Waals surface area contributed by atoms with E-state index in [1.807, 2.05) is 6.07 Å². The smallest absolute Gasteiger partial charge is 0.338 e. The number of nitrogens with one attached hydrogen (secondary N) is 1. The maximum atomic E-state index is 13.3. The van der Waals surface area contributed by atoms with Gasteiger partial charge < -0.3 is 14.8 Å². The number of carbonyl (C=O) groups excluding carboxylic acids is 2. The molecule has 33 heavy (non-hydrogen) atoms. The number of amides is 1. The van der Waals surface area contributed by atoms with E-state index in [1.54, 1.807) is 11.4 Å². The lowest BCUT2D eigenvalue weighted by Gasteiger charge is -2.21. The zero-order chi connectivity index (χ0) is 24.0. The molecule has 0 bridgehead atoms. The first-order valence-electron chi connectivity index (χ1n) is 10.5. The van der Waals surface area contributed by atoms with Crippen molar-refractivity contribution in [2.75, 3.05) is 25.5 Å². The number of esters is 1. The number of thiophene rings is 1. The molecule has 1 fully saturated rings. The fourth-order valence-corrected chi connectivity index (χ4v) is 5.86. The molecule has 1 N–H and O–H groups in total. The number of rotatable bonds is 7. The molecule has 1 saturated heterocycles. The van der Waals surface area contributed by atoms with Gasteiger partial charge in [-0.15, -0.1) is 11.3 Å². The molecule has 1 amide bonds. The minimum atomic E-state index is -3.88. The van der Waals surface area contributed by atoms with Gasteiger partial charge in [0.25, 0.3) is 5.91 Å². The molecular weight excluding hydrogens is 466 g/mol. The topological polar surface area (TPSA) is 126 Å². The molecule has 3 rings (SSSR count). The summed E-state index contributed by atoms with van der Waals surface area (Å²) in [4.78, 5) is 25.0. The molecule has 2 heterocycles. The highest BCUT2D eigenvalue weighted by Crippen LogP contribution is 2.30. The van der Waals surface area contributed by atoms with Crippen molar-refractivity contribution in [3.05, 3.63) is 40.8 Å². The van der Waals surface area contributed by atoms with Gasteiger partial charge in [0, 0.05) is 13.1 Å². The average molecular weight is 492 g/mol. The Hall–Kier alpha value is -2.94. The van der Waals surface area contributed by atoms with E-state index in [-0.39, 0.29) is 16.2 Å². The summed E-state index contributed by atoms with van der Waals surface area (Å²) in [7, 11) is -2.52. The summed E-state index contributed by atoms with van der Waals surface area (Å²) in [6.45, 7) is 2.21. The highest BCUT2D eigenvalue weighted by Gasteiger charge is 2.30. The summed E-state index contributed by atoms with van der Waals surface area (Å²) in [6.07, 6.45) is 2.31. The quantitative estimate of drug-likeness (QED) is 0.589. The molecular formula is C22H25N3O6S2. The Labute approximate surface area is 197 Å². The number of anilines is 1. The van der Waals surface area contributed by atoms with Crippen molar-refractivity contribution in [3.8, 4) is 11.8 Å². The molecule has 1 unspecified atom stereocenters. The second kappa shape index (κ2) is 10.8. The van der Waals surface area contributed by atoms with E-state index >= 15 is 0 Å². The van der Waals surface area contributed by atoms with E-state index < -0.39 is 28.0 Å². The van der Waals surface area contributed by atoms with Gasteiger partial charge >= 0.3 is 5.97 Å². The van der Waals surface area contributed by atoms with Crippen LogP contribution in [0.25, 0.3) is 0 Å². The number of nitriles is 1. The van der Waals surface area contributed by atoms with Crippen LogP contribution in [0.5, 0.6) is 5.75 Å². The van der Waals surface area contributed by atoms with E-state index in [9.17, 15) is 18.0 Å². The van der Waals surface area contributed by atoms with Crippen LogP contribution >= 0.6 is 11.3 Å². The zero-order valence-electron chi connectivity index (χ0n) is 18.4. The monoisotopic (exact) mass is 491 g/mol. The van der Waals surface area contributed by atoms with Crippen LogP contribution in [-0.2, 0) is 19.6 Å². The molecule has 0 spiro atoms. The fraction of sp³-hybridized carbons (Fsp3) is 0.409. The molecule has 9 nitrogen and oxygen atoms in total. The lowest BCUT2D eigenvalue weighted by molar-refractivity contribution is -0.123. The number of carbonyl (C=O) groups is 2. The maximum absolute atomic E-state index is 13.3. The average Bonchev–Trinajstić information content (AvgIpc) is 3.06. The third-order valence-corrected chi connectivity index (χ3v) is 8.01. The summed E-state index contributed by atoms with van der Waals surface area (Å²) in [6, 6.07) is 7.54. The van der Waals surface area contributed by atoms with Gasteiger partial charge in [-0.2, -0.15) is 9.57 Å². The first-order chi connectivity index (χ1) is 15.8. The number of nitrogens with zero attached hydrogens (tertiary/aromatic N) is 2. The number of methoxy groups -OCH3 is 1. The predicted octanol–water partition coefficient (Wildman–Crippen LogP) is 3.38. The fourth-order valence-electron chi connectivity index (χ4n) is 3.42. The lowest BCUT2D eigenvalue weighted by Crippen LogP contribution is -2.32. The molecule has 0 aliphatic carbocycles. The first-order valence-corrected chi connectivity index (χ1v) is 12.8. The van der Waals surface area contributed by atoms with Crippen LogP contribution < -0.4 is 10.1 Å². The zero-order valence-corrected chi connectivity index (χ0v) is 20.0. The summed E-state index contributed by atoms with van der Waals surface area (Å²) in [5.74, 6) is -1.32. The minimum Gasteiger partial charge on any atom is -0.495 e. The number of hydrogen-bond acceptors (Lipinski definition) is 8. The summed E-state index contributed by atoms with van der Waals surface area (Å²) >= 11 is 1.18. The molecule has 0 radical (unpaired) electrons. The molecule has 1 aliphatic heterocycles. The van der Waals surface area contributed by atoms with Crippen LogP contribution in [0, 0.1) is 11.3 Å². The van der Waals surface area contributed by atoms with Crippen LogP contribution in [0.2, 0.25) is 0 Å². The van der Waals surface area contributed by atoms with Gasteiger partial charge in [-0.05, 0) is 49.4 Å². The third-order valence-electron chi connectivity index (χ3n) is 5.26. The normalized spacial score (nSPS) is 15.7. The molecule has 11 heteroatoms. The Morgan fingerprint density at radius 2 is 1.88 bits per heavy atom. The Morgan fingerprint density at radius 1 is 1.18 bits per heavy atom. The van der Waals surface area contributed by atoms with Crippen molar-refractivity contribution in [3.63, 3.8) is 0 Å². The van der Waals surface area contributed by atoms with Gasteiger partial charge in [0.1, 0.15) is 21.7 Å². The van der Waals surface area contributed by atoms with Gasteiger partial charge in [0.05, 0.1) is 18.2 Å². The largest absolute Gasteiger partial charge is 0.495 e. The number of sulfonamides is 1. The van der Waals surface area contributed by atoms with Crippen LogP contribution in [0.4, 0.5) is 5.00 Å². The molecule has 0 saturated carbocycles. The predicted molar refractivity (Wildman–Crippen MR) is 123 cm³/mol. The van der Waals surface area contributed by atoms with Crippen LogP contribution in [0.3, 0.4) is 0 Å². The third kappa shape index (κ3) is 5.71. The first kappa shape index (κ1) is 24.7. The standard InChI is InChI=1S/C22H25N3O6S2/c1-15(20(26)24-21-17(14-23)9-12-32-21)31-22(27)16-7-8-18(30-2)19(13-16)33(28,29)25-10-5-3-4-6-11-25/h7-9,12-13,15H,3-6,10-11H2,1-2H3,(H,24,26). The van der Waals surface area contributed by atoms with Crippen LogP contribution in [0.1, 0.15) is 48.5 Å². The molecule has 176 valence electrons. The van der Waals surface area contributed by atoms with E-state index in [0.717, 1.165) is 25.7 Å². The van der Waals surface area contributed by atoms with Crippen molar-refractivity contribution in [2.24, 2.45) is 0 Å². The van der Waals surface area contributed by atoms with Gasteiger partial charge in [0.15, 0.2) is 6.10 Å². The minimum absolute atomic E-state index is 0.0160. The van der Waals surface area contributed by atoms with Crippen LogP contribution in [0.15, 0.2) is 34.5 Å². The Bertz CT molecular complexity index is 1160. The molecule has 2 aromatic rings. The molecule has 1 aromatic carbocycles. The second-order valence-corrected chi connectivity index (χ2v) is 10.3. The van der Waals surface area contributed by atoms with Crippen molar-refractivity contribution < 1.29 is 27.5 Å². The Morgan fingerprint density at radius 3 is 2.52 bits per heavy atom. The number of benzene rings is 1. The van der Waals surface area contributed by atoms with E-state index in [0.29, 0.717) is 23.7 Å². The van der Waals surface area contributed by atoms with E-state index in [2.05, 4.69) is 5.32 Å². The maximum Gasteiger partial charge on any atom is 0.338 e. The molecule has 1 atom stereocenters. The summed E-state index contributed by atoms with van der Waals surface area (Å²) in [5.41, 5.74) is 0.295. The highest BCUT2D eigenvalue weighted by atomic mass is 32.2. The summed E-state index contributed by atoms with van der Waals surface area (Å²) in [5, 5.41) is 13.6. The Kier molecular flexibility index (Phi) is 8.07. The highest BCUT2D eigenvalue weighted by molar-refractivity contribution is 7.89. The van der Waals surface area contributed by atoms with Crippen molar-refractivity contribution in [1.29, 1.82) is 5.26 Å². The van der Waals surface area contributed by atoms with Crippen molar-refractivity contribution in [2.45, 2.75) is 43.6 Å². The van der Waals surface area contributed by atoms with Gasteiger partial charge in [0.2, 0.25) is 10.0 Å². The van der Waals surface area contributed by atoms with Crippen molar-refractivity contribution in [1.82, 2.24) is 4.31 Å². The summed E-state index contributed by atoms with van der Waals surface area (Å²) < 4.78 is 38.4. The van der Waals surface area contributed by atoms with E-state index in [4.69, 9.17) is 14.7 Å². The van der Waals surface area contributed by atoms with Crippen LogP contribution in [-0.4, -0.2) is 50.9 Å². The molecule has 1 aromatic heterocycles. The second-order valence-electron chi connectivity index (χ2n) is 7.50. The molecule has 1 aliphatic rings. The van der Waals surface area contributed by atoms with Gasteiger partial charge in [-0.1, -0.05) is 12.8 Å². The van der Waals surface area contributed by atoms with Gasteiger partial charge in [-0.25, -0.2) is 13.2 Å². The van der Waals surface area contributed by atoms with E-state index in [1.165, 1.54) is 47.9 Å². The number of ether oxygens (including phenoxy) is 2. The number of hydrogen-bond donors (Lipinski definition) is 1. The van der Waals surface area contributed by atoms with Gasteiger partial charge in [-0.3, -0.25) is 4.79 Å². The lowest BCUT2D eigenvalue weighted by atomic mass is 10.2. The SMILES string of the molecule is COc1ccc(C(=O)OC(C)C(=O)Nc2sccc2C#N)cc1S(=O)(=O)N1CCCCCC1. The van der Waals surface area contributed by atoms with Crippen molar-refractivity contribution >= 4 is 38.2 Å².